The van der Waals surface area contributed by atoms with Gasteiger partial charge in [-0.25, -0.2) is 9.59 Å². The van der Waals surface area contributed by atoms with Crippen LogP contribution in [0.3, 0.4) is 0 Å². The molecule has 0 saturated carbocycles. The van der Waals surface area contributed by atoms with Crippen molar-refractivity contribution in [3.05, 3.63) is 0 Å². The average Bonchev–Trinajstić information content (AvgIpc) is 3.18. The molecular formula is C23H50N2O5. The van der Waals surface area contributed by atoms with Crippen molar-refractivity contribution in [3.8, 4) is 0 Å². The molecule has 1 atom stereocenters. The Bertz CT molecular complexity index is 429. The molecule has 0 aromatic carbocycles. The number of amides is 2. The van der Waals surface area contributed by atoms with Crippen LogP contribution in [-0.2, 0) is 19.1 Å². The highest BCUT2D eigenvalue weighted by Crippen LogP contribution is 2.18. The Morgan fingerprint density at radius 1 is 1.00 bits per heavy atom. The Balaban J connectivity index is -0.000000289. The van der Waals surface area contributed by atoms with Crippen LogP contribution in [0.15, 0.2) is 0 Å². The minimum absolute atomic E-state index is 0.192. The number of nitrogens with one attached hydrogen (secondary N) is 1. The third-order valence-corrected chi connectivity index (χ3v) is 2.83. The van der Waals surface area contributed by atoms with E-state index in [9.17, 15) is 14.4 Å². The first-order chi connectivity index (χ1) is 14.0. The molecule has 0 bridgehead atoms. The number of nitrogens with zero attached hydrogens (tertiary/aromatic N) is 1. The van der Waals surface area contributed by atoms with E-state index >= 15 is 0 Å². The summed E-state index contributed by atoms with van der Waals surface area (Å²) in [6, 6.07) is -0.548. The number of likely N-dealkylation sites (tertiary alicyclic amines) is 1. The molecule has 7 heteroatoms. The topological polar surface area (TPSA) is 84.9 Å². The number of hydrogen-bond donors (Lipinski definition) is 1. The third-order valence-electron chi connectivity index (χ3n) is 2.83. The maximum Gasteiger partial charge on any atom is 0.408 e. The first-order valence-electron chi connectivity index (χ1n) is 11.3. The SMILES string of the molecule is CC.CC.CC.CC(C)C.COC(=O)C1CCCN1C(=O)CNC(=O)OC(C)(C)C. The lowest BCUT2D eigenvalue weighted by Gasteiger charge is -2.23. The van der Waals surface area contributed by atoms with E-state index < -0.39 is 23.7 Å². The molecule has 7 nitrogen and oxygen atoms in total. The number of alkyl carbamates (subject to hydrolysis) is 1. The minimum atomic E-state index is -0.653. The second kappa shape index (κ2) is 21.9. The molecule has 0 aliphatic carbocycles. The van der Waals surface area contributed by atoms with E-state index in [0.29, 0.717) is 13.0 Å². The van der Waals surface area contributed by atoms with Gasteiger partial charge in [0.2, 0.25) is 5.91 Å². The molecule has 2 amide bonds. The van der Waals surface area contributed by atoms with Gasteiger partial charge in [-0.1, -0.05) is 62.3 Å². The van der Waals surface area contributed by atoms with Gasteiger partial charge in [0, 0.05) is 6.54 Å². The van der Waals surface area contributed by atoms with Gasteiger partial charge in [-0.3, -0.25) is 4.79 Å². The van der Waals surface area contributed by atoms with Crippen molar-refractivity contribution in [1.29, 1.82) is 0 Å². The van der Waals surface area contributed by atoms with Gasteiger partial charge < -0.3 is 19.7 Å². The lowest BCUT2D eigenvalue weighted by atomic mass is 10.2. The number of methoxy groups -OCH3 is 1. The van der Waals surface area contributed by atoms with Crippen molar-refractivity contribution < 1.29 is 23.9 Å². The van der Waals surface area contributed by atoms with E-state index in [4.69, 9.17) is 4.74 Å². The fourth-order valence-corrected chi connectivity index (χ4v) is 2.01. The highest BCUT2D eigenvalue weighted by atomic mass is 16.6. The second-order valence-corrected chi connectivity index (χ2v) is 7.36. The molecule has 1 saturated heterocycles. The maximum absolute atomic E-state index is 12.0. The fraction of sp³-hybridized carbons (Fsp3) is 0.870. The quantitative estimate of drug-likeness (QED) is 0.600. The lowest BCUT2D eigenvalue weighted by molar-refractivity contribution is -0.150. The molecule has 1 unspecified atom stereocenters. The molecule has 1 aliphatic rings. The number of rotatable bonds is 3. The monoisotopic (exact) mass is 434 g/mol. The van der Waals surface area contributed by atoms with Crippen molar-refractivity contribution in [2.24, 2.45) is 5.92 Å². The van der Waals surface area contributed by atoms with Gasteiger partial charge in [-0.2, -0.15) is 0 Å². The van der Waals surface area contributed by atoms with Crippen molar-refractivity contribution in [2.45, 2.75) is 108 Å². The van der Waals surface area contributed by atoms with Crippen LogP contribution in [0.4, 0.5) is 4.79 Å². The predicted octanol–water partition coefficient (Wildman–Crippen LogP) is 5.42. The summed E-state index contributed by atoms with van der Waals surface area (Å²) >= 11 is 0. The zero-order chi connectivity index (χ0) is 24.9. The summed E-state index contributed by atoms with van der Waals surface area (Å²) < 4.78 is 9.69. The van der Waals surface area contributed by atoms with Crippen LogP contribution >= 0.6 is 0 Å². The summed E-state index contributed by atoms with van der Waals surface area (Å²) in [4.78, 5) is 36.4. The van der Waals surface area contributed by atoms with Gasteiger partial charge in [0.15, 0.2) is 0 Å². The van der Waals surface area contributed by atoms with Crippen LogP contribution in [0, 0.1) is 5.92 Å². The molecule has 1 fully saturated rings. The van der Waals surface area contributed by atoms with Crippen molar-refractivity contribution in [1.82, 2.24) is 10.2 Å². The minimum Gasteiger partial charge on any atom is -0.467 e. The fourth-order valence-electron chi connectivity index (χ4n) is 2.01. The molecule has 0 radical (unpaired) electrons. The van der Waals surface area contributed by atoms with E-state index in [1.807, 2.05) is 41.5 Å². The Hall–Kier alpha value is -1.79. The molecule has 0 spiro atoms. The van der Waals surface area contributed by atoms with Gasteiger partial charge >= 0.3 is 12.1 Å². The Morgan fingerprint density at radius 2 is 1.43 bits per heavy atom. The zero-order valence-corrected chi connectivity index (χ0v) is 22.0. The van der Waals surface area contributed by atoms with Crippen LogP contribution in [-0.4, -0.2) is 54.7 Å². The molecule has 1 aliphatic heterocycles. The smallest absolute Gasteiger partial charge is 0.408 e. The predicted molar refractivity (Wildman–Crippen MR) is 126 cm³/mol. The Labute approximate surface area is 186 Å². The molecule has 30 heavy (non-hydrogen) atoms. The molecular weight excluding hydrogens is 384 g/mol. The molecule has 1 N–H and O–H groups in total. The van der Waals surface area contributed by atoms with Gasteiger partial charge in [0.1, 0.15) is 18.2 Å². The number of carbonyl (C=O) groups excluding carboxylic acids is 3. The van der Waals surface area contributed by atoms with Gasteiger partial charge in [-0.15, -0.1) is 0 Å². The number of ether oxygens (including phenoxy) is 2. The van der Waals surface area contributed by atoms with E-state index in [1.165, 1.54) is 12.0 Å². The molecule has 182 valence electrons. The average molecular weight is 435 g/mol. The molecule has 1 rings (SSSR count). The summed E-state index contributed by atoms with van der Waals surface area (Å²) in [5.41, 5.74) is -0.616. The Kier molecular flexibility index (Phi) is 26.0. The first kappa shape index (κ1) is 35.6. The molecule has 0 aromatic heterocycles. The summed E-state index contributed by atoms with van der Waals surface area (Å²) in [6.45, 7) is 24.0. The van der Waals surface area contributed by atoms with Crippen LogP contribution in [0.2, 0.25) is 0 Å². The number of hydrogen-bond acceptors (Lipinski definition) is 5. The first-order valence-corrected chi connectivity index (χ1v) is 11.3. The van der Waals surface area contributed by atoms with Crippen LogP contribution in [0.5, 0.6) is 0 Å². The third kappa shape index (κ3) is 20.9. The standard InChI is InChI=1S/C13H22N2O5.C4H10.3C2H6/c1-13(2,3)20-12(18)14-8-10(16)15-7-5-6-9(15)11(17)19-4;1-4(2)3;3*1-2/h9H,5-8H2,1-4H3,(H,14,18);4H,1-3H3;3*1-2H3. The summed E-state index contributed by atoms with van der Waals surface area (Å²) in [6.07, 6.45) is 0.683. The summed E-state index contributed by atoms with van der Waals surface area (Å²) in [7, 11) is 1.29. The van der Waals surface area contributed by atoms with Gasteiger partial charge in [-0.05, 0) is 39.5 Å². The molecule has 0 aromatic rings. The van der Waals surface area contributed by atoms with Crippen molar-refractivity contribution in [3.63, 3.8) is 0 Å². The van der Waals surface area contributed by atoms with Crippen molar-refractivity contribution >= 4 is 18.0 Å². The highest BCUT2D eigenvalue weighted by molar-refractivity contribution is 5.87. The van der Waals surface area contributed by atoms with Crippen LogP contribution in [0.1, 0.15) is 95.9 Å². The van der Waals surface area contributed by atoms with E-state index in [1.54, 1.807) is 20.8 Å². The Morgan fingerprint density at radius 3 is 1.80 bits per heavy atom. The van der Waals surface area contributed by atoms with Crippen molar-refractivity contribution in [2.75, 3.05) is 20.2 Å². The van der Waals surface area contributed by atoms with E-state index in [0.717, 1.165) is 12.3 Å². The lowest BCUT2D eigenvalue weighted by Crippen LogP contribution is -2.46. The normalized spacial score (nSPS) is 14.2. The second-order valence-electron chi connectivity index (χ2n) is 7.36. The van der Waals surface area contributed by atoms with Gasteiger partial charge in [0.25, 0.3) is 0 Å². The summed E-state index contributed by atoms with van der Waals surface area (Å²) in [5, 5.41) is 2.39. The molecule has 1 heterocycles. The van der Waals surface area contributed by atoms with Crippen LogP contribution in [0.25, 0.3) is 0 Å². The maximum atomic E-state index is 12.0. The number of carbonyl (C=O) groups is 3. The van der Waals surface area contributed by atoms with E-state index in [2.05, 4.69) is 30.8 Å². The largest absolute Gasteiger partial charge is 0.467 e. The summed E-state index contributed by atoms with van der Waals surface area (Å²) in [5.74, 6) is 0.0943. The highest BCUT2D eigenvalue weighted by Gasteiger charge is 2.34. The number of esters is 1. The van der Waals surface area contributed by atoms with Crippen LogP contribution < -0.4 is 5.32 Å². The van der Waals surface area contributed by atoms with E-state index in [-0.39, 0.29) is 12.5 Å². The van der Waals surface area contributed by atoms with Gasteiger partial charge in [0.05, 0.1) is 7.11 Å². The zero-order valence-electron chi connectivity index (χ0n) is 22.0.